The van der Waals surface area contributed by atoms with Gasteiger partial charge in [0.25, 0.3) is 0 Å². The standard InChI is InChI=1S/C17H31N2/c1-5-6-13-18(2)14-10-15-19(3,4)16-17-11-8-7-9-12-17/h7-9,11-12H,5-6,10,13-16H2,1-4H3/q+1. The molecule has 0 radical (unpaired) electrons. The molecule has 0 bridgehead atoms. The molecule has 0 heterocycles. The molecule has 0 saturated carbocycles. The second-order valence-electron chi connectivity index (χ2n) is 6.31. The number of quaternary nitrogens is 1. The fourth-order valence-corrected chi connectivity index (χ4v) is 2.47. The molecule has 2 nitrogen and oxygen atoms in total. The average molecular weight is 263 g/mol. The van der Waals surface area contributed by atoms with Crippen molar-refractivity contribution in [1.29, 1.82) is 0 Å². The van der Waals surface area contributed by atoms with E-state index in [4.69, 9.17) is 0 Å². The van der Waals surface area contributed by atoms with Crippen LogP contribution in [0.5, 0.6) is 0 Å². The van der Waals surface area contributed by atoms with Crippen LogP contribution in [0.2, 0.25) is 0 Å². The van der Waals surface area contributed by atoms with Gasteiger partial charge in [0.1, 0.15) is 6.54 Å². The van der Waals surface area contributed by atoms with Gasteiger partial charge in [-0.3, -0.25) is 0 Å². The summed E-state index contributed by atoms with van der Waals surface area (Å²) in [6, 6.07) is 10.8. The van der Waals surface area contributed by atoms with E-state index in [-0.39, 0.29) is 0 Å². The zero-order valence-corrected chi connectivity index (χ0v) is 13.2. The van der Waals surface area contributed by atoms with Gasteiger partial charge in [-0.1, -0.05) is 43.7 Å². The summed E-state index contributed by atoms with van der Waals surface area (Å²) >= 11 is 0. The molecule has 1 rings (SSSR count). The molecule has 0 unspecified atom stereocenters. The van der Waals surface area contributed by atoms with Crippen LogP contribution in [-0.4, -0.2) is 50.2 Å². The second-order valence-corrected chi connectivity index (χ2v) is 6.31. The van der Waals surface area contributed by atoms with E-state index in [1.807, 2.05) is 0 Å². The maximum Gasteiger partial charge on any atom is 0.104 e. The molecule has 19 heavy (non-hydrogen) atoms. The summed E-state index contributed by atoms with van der Waals surface area (Å²) in [6.45, 7) is 7.08. The molecule has 0 aliphatic rings. The molecule has 108 valence electrons. The molecule has 0 fully saturated rings. The zero-order valence-electron chi connectivity index (χ0n) is 13.2. The number of hydrogen-bond donors (Lipinski definition) is 0. The number of unbranched alkanes of at least 4 members (excludes halogenated alkanes) is 1. The van der Waals surface area contributed by atoms with E-state index >= 15 is 0 Å². The van der Waals surface area contributed by atoms with Crippen LogP contribution in [0.15, 0.2) is 30.3 Å². The molecule has 0 atom stereocenters. The zero-order chi connectivity index (χ0) is 14.1. The smallest absolute Gasteiger partial charge is 0.104 e. The van der Waals surface area contributed by atoms with Crippen LogP contribution in [0, 0.1) is 0 Å². The highest BCUT2D eigenvalue weighted by Gasteiger charge is 2.15. The summed E-state index contributed by atoms with van der Waals surface area (Å²) in [6.07, 6.45) is 3.89. The van der Waals surface area contributed by atoms with Crippen LogP contribution in [0.1, 0.15) is 31.7 Å². The van der Waals surface area contributed by atoms with Gasteiger partial charge >= 0.3 is 0 Å². The summed E-state index contributed by atoms with van der Waals surface area (Å²) < 4.78 is 1.08. The van der Waals surface area contributed by atoms with E-state index in [9.17, 15) is 0 Å². The van der Waals surface area contributed by atoms with Crippen molar-refractivity contribution < 1.29 is 4.48 Å². The van der Waals surface area contributed by atoms with Gasteiger partial charge in [-0.05, 0) is 20.0 Å². The van der Waals surface area contributed by atoms with Crippen molar-refractivity contribution in [2.75, 3.05) is 40.8 Å². The van der Waals surface area contributed by atoms with E-state index in [0.717, 1.165) is 11.0 Å². The van der Waals surface area contributed by atoms with E-state index in [2.05, 4.69) is 63.3 Å². The number of benzene rings is 1. The van der Waals surface area contributed by atoms with Crippen LogP contribution in [0.4, 0.5) is 0 Å². The van der Waals surface area contributed by atoms with Crippen LogP contribution < -0.4 is 0 Å². The highest BCUT2D eigenvalue weighted by Crippen LogP contribution is 2.10. The first-order chi connectivity index (χ1) is 9.03. The Morgan fingerprint density at radius 3 is 2.26 bits per heavy atom. The third kappa shape index (κ3) is 7.34. The lowest BCUT2D eigenvalue weighted by Gasteiger charge is -2.30. The molecule has 0 aliphatic heterocycles. The molecule has 0 aromatic heterocycles. The van der Waals surface area contributed by atoms with E-state index < -0.39 is 0 Å². The SMILES string of the molecule is CCCCN(C)CCC[N+](C)(C)Cc1ccccc1. The highest BCUT2D eigenvalue weighted by molar-refractivity contribution is 5.13. The third-order valence-electron chi connectivity index (χ3n) is 3.65. The quantitative estimate of drug-likeness (QED) is 0.617. The maximum absolute atomic E-state index is 2.46. The lowest BCUT2D eigenvalue weighted by Crippen LogP contribution is -2.40. The van der Waals surface area contributed by atoms with Gasteiger partial charge in [0.05, 0.1) is 20.6 Å². The Hall–Kier alpha value is -0.860. The van der Waals surface area contributed by atoms with E-state index in [0.29, 0.717) is 0 Å². The number of nitrogens with zero attached hydrogens (tertiary/aromatic N) is 2. The predicted octanol–water partition coefficient (Wildman–Crippen LogP) is 3.39. The Morgan fingerprint density at radius 2 is 1.63 bits per heavy atom. The van der Waals surface area contributed by atoms with Crippen molar-refractivity contribution in [3.05, 3.63) is 35.9 Å². The van der Waals surface area contributed by atoms with Crippen molar-refractivity contribution in [3.8, 4) is 0 Å². The monoisotopic (exact) mass is 263 g/mol. The van der Waals surface area contributed by atoms with Crippen molar-refractivity contribution in [3.63, 3.8) is 0 Å². The van der Waals surface area contributed by atoms with Gasteiger partial charge in [-0.25, -0.2) is 0 Å². The van der Waals surface area contributed by atoms with E-state index in [1.54, 1.807) is 0 Å². The Bertz CT molecular complexity index is 332. The van der Waals surface area contributed by atoms with Gasteiger partial charge in [0, 0.05) is 18.5 Å². The summed E-state index contributed by atoms with van der Waals surface area (Å²) in [4.78, 5) is 2.46. The Kier molecular flexibility index (Phi) is 7.11. The first-order valence-electron chi connectivity index (χ1n) is 7.58. The summed E-state index contributed by atoms with van der Waals surface area (Å²) in [7, 11) is 6.91. The molecule has 2 heteroatoms. The van der Waals surface area contributed by atoms with Crippen LogP contribution in [0.25, 0.3) is 0 Å². The first-order valence-corrected chi connectivity index (χ1v) is 7.58. The normalized spacial score (nSPS) is 12.1. The Balaban J connectivity index is 2.27. The maximum atomic E-state index is 2.46. The Labute approximate surface area is 119 Å². The third-order valence-corrected chi connectivity index (χ3v) is 3.65. The van der Waals surface area contributed by atoms with Gasteiger partial charge in [0.2, 0.25) is 0 Å². The largest absolute Gasteiger partial charge is 0.325 e. The van der Waals surface area contributed by atoms with Crippen LogP contribution in [-0.2, 0) is 6.54 Å². The van der Waals surface area contributed by atoms with Gasteiger partial charge in [0.15, 0.2) is 0 Å². The molecule has 0 saturated heterocycles. The van der Waals surface area contributed by atoms with Crippen LogP contribution in [0.3, 0.4) is 0 Å². The van der Waals surface area contributed by atoms with Crippen molar-refractivity contribution in [2.45, 2.75) is 32.7 Å². The summed E-state index contributed by atoms with van der Waals surface area (Å²) in [5.41, 5.74) is 1.44. The lowest BCUT2D eigenvalue weighted by atomic mass is 10.2. The highest BCUT2D eigenvalue weighted by atomic mass is 15.3. The van der Waals surface area contributed by atoms with Crippen LogP contribution >= 0.6 is 0 Å². The molecular formula is C17H31N2+. The second kappa shape index (κ2) is 8.34. The number of rotatable bonds is 9. The molecule has 0 aliphatic carbocycles. The lowest BCUT2D eigenvalue weighted by molar-refractivity contribution is -0.903. The predicted molar refractivity (Wildman–Crippen MR) is 84.1 cm³/mol. The van der Waals surface area contributed by atoms with Gasteiger partial charge in [-0.2, -0.15) is 0 Å². The minimum Gasteiger partial charge on any atom is -0.325 e. The van der Waals surface area contributed by atoms with Crippen molar-refractivity contribution in [1.82, 2.24) is 4.90 Å². The molecule has 0 amide bonds. The van der Waals surface area contributed by atoms with Gasteiger partial charge < -0.3 is 9.38 Å². The number of hydrogen-bond acceptors (Lipinski definition) is 1. The molecule has 1 aromatic rings. The fraction of sp³-hybridized carbons (Fsp3) is 0.647. The first kappa shape index (κ1) is 16.2. The minimum absolute atomic E-state index is 1.08. The topological polar surface area (TPSA) is 3.24 Å². The van der Waals surface area contributed by atoms with Crippen molar-refractivity contribution >= 4 is 0 Å². The Morgan fingerprint density at radius 1 is 1.00 bits per heavy atom. The molecule has 0 spiro atoms. The van der Waals surface area contributed by atoms with Gasteiger partial charge in [-0.15, -0.1) is 0 Å². The molecule has 1 aromatic carbocycles. The van der Waals surface area contributed by atoms with E-state index in [1.165, 1.54) is 44.5 Å². The molecular weight excluding hydrogens is 232 g/mol. The van der Waals surface area contributed by atoms with Crippen molar-refractivity contribution in [2.24, 2.45) is 0 Å². The summed E-state index contributed by atoms with van der Waals surface area (Å²) in [5, 5.41) is 0. The minimum atomic E-state index is 1.08. The summed E-state index contributed by atoms with van der Waals surface area (Å²) in [5.74, 6) is 0. The average Bonchev–Trinajstić information content (AvgIpc) is 2.36. The fourth-order valence-electron chi connectivity index (χ4n) is 2.47. The molecule has 0 N–H and O–H groups in total.